The van der Waals surface area contributed by atoms with Crippen molar-refractivity contribution in [3.63, 3.8) is 0 Å². The first-order valence-corrected chi connectivity index (χ1v) is 9.02. The van der Waals surface area contributed by atoms with Gasteiger partial charge in [-0.1, -0.05) is 24.3 Å². The van der Waals surface area contributed by atoms with Crippen LogP contribution in [0.25, 0.3) is 0 Å². The molecule has 3 aromatic rings. The van der Waals surface area contributed by atoms with Gasteiger partial charge in [0.25, 0.3) is 0 Å². The van der Waals surface area contributed by atoms with Crippen molar-refractivity contribution in [2.75, 3.05) is 11.4 Å². The minimum atomic E-state index is 0.0647. The third-order valence-corrected chi connectivity index (χ3v) is 5.39. The first-order chi connectivity index (χ1) is 12.8. The number of furan rings is 1. The van der Waals surface area contributed by atoms with Gasteiger partial charge in [-0.25, -0.2) is 9.97 Å². The molecule has 5 rings (SSSR count). The second-order valence-electron chi connectivity index (χ2n) is 7.01. The Morgan fingerprint density at radius 3 is 2.81 bits per heavy atom. The summed E-state index contributed by atoms with van der Waals surface area (Å²) in [7, 11) is 0. The van der Waals surface area contributed by atoms with E-state index in [9.17, 15) is 4.79 Å². The molecule has 1 atom stereocenters. The fourth-order valence-corrected chi connectivity index (χ4v) is 3.98. The average Bonchev–Trinajstić information content (AvgIpc) is 3.22. The maximum absolute atomic E-state index is 12.5. The molecule has 1 aliphatic carbocycles. The van der Waals surface area contributed by atoms with Crippen LogP contribution in [0.15, 0.2) is 53.3 Å². The van der Waals surface area contributed by atoms with Crippen LogP contribution in [-0.4, -0.2) is 22.3 Å². The summed E-state index contributed by atoms with van der Waals surface area (Å²) in [6, 6.07) is 12.3. The van der Waals surface area contributed by atoms with Gasteiger partial charge in [-0.3, -0.25) is 4.79 Å². The molecule has 0 saturated carbocycles. The minimum absolute atomic E-state index is 0.0647. The summed E-state index contributed by atoms with van der Waals surface area (Å²) in [5.74, 6) is 1.74. The van der Waals surface area contributed by atoms with Gasteiger partial charge < -0.3 is 9.32 Å². The Kier molecular flexibility index (Phi) is 3.59. The summed E-state index contributed by atoms with van der Waals surface area (Å²) >= 11 is 0. The van der Waals surface area contributed by atoms with E-state index in [1.165, 1.54) is 11.1 Å². The summed E-state index contributed by atoms with van der Waals surface area (Å²) in [6.45, 7) is 1.70. The van der Waals surface area contributed by atoms with Crippen molar-refractivity contribution in [2.24, 2.45) is 0 Å². The largest absolute Gasteiger partial charge is 0.469 e. The molecule has 2 aliphatic rings. The molecule has 0 saturated heterocycles. The van der Waals surface area contributed by atoms with Gasteiger partial charge in [-0.15, -0.1) is 0 Å². The number of hydrogen-bond donors (Lipinski definition) is 0. The van der Waals surface area contributed by atoms with Crippen molar-refractivity contribution in [1.82, 2.24) is 9.97 Å². The highest BCUT2D eigenvalue weighted by molar-refractivity contribution is 5.98. The first-order valence-electron chi connectivity index (χ1n) is 9.02. The average molecular weight is 345 g/mol. The number of Topliss-reactive ketones (excluding diaryl/α,β-unsaturated/α-hetero) is 1. The number of rotatable bonds is 2. The normalized spacial score (nSPS) is 19.2. The van der Waals surface area contributed by atoms with Gasteiger partial charge in [0.1, 0.15) is 5.76 Å². The standard InChI is InChI=1S/C21H19N3O2/c25-19-11-16(20-6-3-9-26-20)10-18-17(19)12-22-21(23-18)24-8-7-14-4-1-2-5-15(14)13-24/h1-6,9,12,16H,7-8,10-11,13H2. The Morgan fingerprint density at radius 1 is 1.08 bits per heavy atom. The molecule has 5 heteroatoms. The second kappa shape index (κ2) is 6.09. The van der Waals surface area contributed by atoms with E-state index in [1.54, 1.807) is 12.5 Å². The minimum Gasteiger partial charge on any atom is -0.469 e. The number of nitrogens with zero attached hydrogens (tertiary/aromatic N) is 3. The Labute approximate surface area is 151 Å². The summed E-state index contributed by atoms with van der Waals surface area (Å²) in [5, 5.41) is 0. The van der Waals surface area contributed by atoms with Crippen molar-refractivity contribution < 1.29 is 9.21 Å². The van der Waals surface area contributed by atoms with Crippen molar-refractivity contribution >= 4 is 11.7 Å². The second-order valence-corrected chi connectivity index (χ2v) is 7.01. The predicted molar refractivity (Wildman–Crippen MR) is 97.3 cm³/mol. The molecule has 0 N–H and O–H groups in total. The monoisotopic (exact) mass is 345 g/mol. The lowest BCUT2D eigenvalue weighted by Crippen LogP contribution is -2.32. The van der Waals surface area contributed by atoms with Crippen LogP contribution in [0.5, 0.6) is 0 Å². The SMILES string of the molecule is O=C1CC(c2ccco2)Cc2nc(N3CCc4ccccc4C3)ncc21. The van der Waals surface area contributed by atoms with Crippen molar-refractivity contribution in [3.8, 4) is 0 Å². The fourth-order valence-electron chi connectivity index (χ4n) is 3.98. The van der Waals surface area contributed by atoms with Crippen LogP contribution in [0.3, 0.4) is 0 Å². The lowest BCUT2D eigenvalue weighted by Gasteiger charge is -2.30. The Balaban J connectivity index is 1.45. The Bertz CT molecular complexity index is 965. The van der Waals surface area contributed by atoms with Gasteiger partial charge in [0.15, 0.2) is 5.78 Å². The van der Waals surface area contributed by atoms with E-state index in [4.69, 9.17) is 9.40 Å². The predicted octanol–water partition coefficient (Wildman–Crippen LogP) is 3.55. The number of hydrogen-bond acceptors (Lipinski definition) is 5. The molecule has 26 heavy (non-hydrogen) atoms. The van der Waals surface area contributed by atoms with Crippen molar-refractivity contribution in [2.45, 2.75) is 31.7 Å². The molecule has 0 fully saturated rings. The molecule has 2 aromatic heterocycles. The highest BCUT2D eigenvalue weighted by Gasteiger charge is 2.30. The lowest BCUT2D eigenvalue weighted by atomic mass is 9.85. The molecule has 1 aromatic carbocycles. The number of fused-ring (bicyclic) bond motifs is 2. The number of ketones is 1. The van der Waals surface area contributed by atoms with Gasteiger partial charge in [-0.05, 0) is 29.7 Å². The summed E-state index contributed by atoms with van der Waals surface area (Å²) in [6.07, 6.45) is 5.53. The van der Waals surface area contributed by atoms with Gasteiger partial charge >= 0.3 is 0 Å². The van der Waals surface area contributed by atoms with Crippen LogP contribution in [0.2, 0.25) is 0 Å². The van der Waals surface area contributed by atoms with Gasteiger partial charge in [0.2, 0.25) is 5.95 Å². The maximum atomic E-state index is 12.5. The summed E-state index contributed by atoms with van der Waals surface area (Å²) in [4.78, 5) is 24.0. The smallest absolute Gasteiger partial charge is 0.225 e. The van der Waals surface area contributed by atoms with Crippen LogP contribution in [-0.2, 0) is 19.4 Å². The molecule has 0 radical (unpaired) electrons. The topological polar surface area (TPSA) is 59.2 Å². The molecular weight excluding hydrogens is 326 g/mol. The van der Waals surface area contributed by atoms with E-state index in [-0.39, 0.29) is 11.7 Å². The van der Waals surface area contributed by atoms with Crippen molar-refractivity contribution in [3.05, 3.63) is 77.0 Å². The van der Waals surface area contributed by atoms with Crippen LogP contribution >= 0.6 is 0 Å². The summed E-state index contributed by atoms with van der Waals surface area (Å²) < 4.78 is 5.52. The van der Waals surface area contributed by atoms with E-state index in [1.807, 2.05) is 12.1 Å². The molecule has 3 heterocycles. The van der Waals surface area contributed by atoms with Gasteiger partial charge in [0.05, 0.1) is 17.5 Å². The number of carbonyl (C=O) groups excluding carboxylic acids is 1. The summed E-state index contributed by atoms with van der Waals surface area (Å²) in [5.41, 5.74) is 4.22. The molecule has 5 nitrogen and oxygen atoms in total. The van der Waals surface area contributed by atoms with E-state index in [0.29, 0.717) is 24.4 Å². The molecule has 1 aliphatic heterocycles. The number of anilines is 1. The fraction of sp³-hybridized carbons (Fsp3) is 0.286. The maximum Gasteiger partial charge on any atom is 0.225 e. The number of carbonyl (C=O) groups is 1. The molecule has 0 bridgehead atoms. The zero-order chi connectivity index (χ0) is 17.5. The van der Waals surface area contributed by atoms with E-state index in [2.05, 4.69) is 34.1 Å². The Morgan fingerprint density at radius 2 is 1.96 bits per heavy atom. The van der Waals surface area contributed by atoms with Crippen LogP contribution in [0.4, 0.5) is 5.95 Å². The third-order valence-electron chi connectivity index (χ3n) is 5.39. The third kappa shape index (κ3) is 2.60. The number of benzene rings is 1. The Hall–Kier alpha value is -2.95. The highest BCUT2D eigenvalue weighted by atomic mass is 16.3. The zero-order valence-electron chi connectivity index (χ0n) is 14.4. The van der Waals surface area contributed by atoms with E-state index in [0.717, 1.165) is 31.0 Å². The molecule has 0 amide bonds. The van der Waals surface area contributed by atoms with E-state index >= 15 is 0 Å². The van der Waals surface area contributed by atoms with E-state index < -0.39 is 0 Å². The van der Waals surface area contributed by atoms with Crippen LogP contribution < -0.4 is 4.90 Å². The molecule has 1 unspecified atom stereocenters. The zero-order valence-corrected chi connectivity index (χ0v) is 14.4. The van der Waals surface area contributed by atoms with Crippen molar-refractivity contribution in [1.29, 1.82) is 0 Å². The number of aromatic nitrogens is 2. The highest BCUT2D eigenvalue weighted by Crippen LogP contribution is 2.33. The van der Waals surface area contributed by atoms with Gasteiger partial charge in [-0.2, -0.15) is 0 Å². The molecular formula is C21H19N3O2. The molecule has 130 valence electrons. The first kappa shape index (κ1) is 15.3. The molecule has 0 spiro atoms. The lowest BCUT2D eigenvalue weighted by molar-refractivity contribution is 0.0958. The quantitative estimate of drug-likeness (QED) is 0.711. The van der Waals surface area contributed by atoms with Crippen LogP contribution in [0, 0.1) is 0 Å². The van der Waals surface area contributed by atoms with Gasteiger partial charge in [0, 0.05) is 38.0 Å². The van der Waals surface area contributed by atoms with Crippen LogP contribution in [0.1, 0.15) is 45.3 Å².